The number of carbonyl (C=O) groups is 2. The lowest BCUT2D eigenvalue weighted by molar-refractivity contribution is 0.000332. The molecule has 1 aromatic rings. The SMILES string of the molecule is CNC(=O)c1cccc(C(=O)N2CCCC2C(C)(C)O)c1. The normalized spacial score (nSPS) is 18.7. The molecular formula is C16H22N2O3. The Hall–Kier alpha value is -1.88. The molecule has 5 heteroatoms. The molecular weight excluding hydrogens is 268 g/mol. The van der Waals surface area contributed by atoms with E-state index < -0.39 is 5.60 Å². The fourth-order valence-corrected chi connectivity index (χ4v) is 2.85. The van der Waals surface area contributed by atoms with Crippen molar-refractivity contribution in [2.24, 2.45) is 0 Å². The molecule has 2 amide bonds. The second kappa shape index (κ2) is 5.85. The number of benzene rings is 1. The highest BCUT2D eigenvalue weighted by Gasteiger charge is 2.38. The van der Waals surface area contributed by atoms with Gasteiger partial charge in [0.1, 0.15) is 0 Å². The van der Waals surface area contributed by atoms with Crippen LogP contribution in [0.5, 0.6) is 0 Å². The Labute approximate surface area is 125 Å². The molecule has 0 bridgehead atoms. The van der Waals surface area contributed by atoms with Crippen LogP contribution in [0.15, 0.2) is 24.3 Å². The van der Waals surface area contributed by atoms with Gasteiger partial charge >= 0.3 is 0 Å². The lowest BCUT2D eigenvalue weighted by Gasteiger charge is -2.33. The van der Waals surface area contributed by atoms with Gasteiger partial charge in [-0.2, -0.15) is 0 Å². The average Bonchev–Trinajstić information content (AvgIpc) is 2.95. The van der Waals surface area contributed by atoms with Crippen molar-refractivity contribution in [3.8, 4) is 0 Å². The molecule has 1 unspecified atom stereocenters. The standard InChI is InChI=1S/C16H22N2O3/c1-16(2,21)13-8-5-9-18(13)15(20)12-7-4-6-11(10-12)14(19)17-3/h4,6-7,10,13,21H,5,8-9H2,1-3H3,(H,17,19). The van der Waals surface area contributed by atoms with E-state index in [1.807, 2.05) is 0 Å². The summed E-state index contributed by atoms with van der Waals surface area (Å²) >= 11 is 0. The molecule has 1 atom stereocenters. The fraction of sp³-hybridized carbons (Fsp3) is 0.500. The minimum Gasteiger partial charge on any atom is -0.388 e. The molecule has 1 heterocycles. The molecule has 0 radical (unpaired) electrons. The first-order valence-electron chi connectivity index (χ1n) is 7.20. The van der Waals surface area contributed by atoms with Crippen molar-refractivity contribution >= 4 is 11.8 Å². The molecule has 1 aromatic carbocycles. The second-order valence-corrected chi connectivity index (χ2v) is 5.97. The number of amides is 2. The summed E-state index contributed by atoms with van der Waals surface area (Å²) in [6.45, 7) is 4.09. The van der Waals surface area contributed by atoms with Gasteiger partial charge in [-0.3, -0.25) is 9.59 Å². The number of nitrogens with zero attached hydrogens (tertiary/aromatic N) is 1. The zero-order valence-electron chi connectivity index (χ0n) is 12.7. The van der Waals surface area contributed by atoms with Gasteiger partial charge in [0, 0.05) is 24.7 Å². The summed E-state index contributed by atoms with van der Waals surface area (Å²) < 4.78 is 0. The van der Waals surface area contributed by atoms with E-state index in [0.29, 0.717) is 17.7 Å². The molecule has 1 aliphatic heterocycles. The monoisotopic (exact) mass is 290 g/mol. The maximum absolute atomic E-state index is 12.7. The molecule has 2 rings (SSSR count). The van der Waals surface area contributed by atoms with E-state index in [0.717, 1.165) is 12.8 Å². The van der Waals surface area contributed by atoms with Gasteiger partial charge in [-0.25, -0.2) is 0 Å². The number of hydrogen-bond acceptors (Lipinski definition) is 3. The van der Waals surface area contributed by atoms with Crippen molar-refractivity contribution in [3.05, 3.63) is 35.4 Å². The topological polar surface area (TPSA) is 69.6 Å². The zero-order valence-corrected chi connectivity index (χ0v) is 12.7. The summed E-state index contributed by atoms with van der Waals surface area (Å²) in [6, 6.07) is 6.49. The third-order valence-corrected chi connectivity index (χ3v) is 3.93. The van der Waals surface area contributed by atoms with Crippen molar-refractivity contribution in [3.63, 3.8) is 0 Å². The highest BCUT2D eigenvalue weighted by atomic mass is 16.3. The largest absolute Gasteiger partial charge is 0.388 e. The summed E-state index contributed by atoms with van der Waals surface area (Å²) in [7, 11) is 1.56. The first kappa shape index (κ1) is 15.5. The van der Waals surface area contributed by atoms with Crippen molar-refractivity contribution in [1.82, 2.24) is 10.2 Å². The Bertz CT molecular complexity index is 549. The molecule has 1 aliphatic rings. The number of nitrogens with one attached hydrogen (secondary N) is 1. The van der Waals surface area contributed by atoms with Gasteiger partial charge in [0.05, 0.1) is 11.6 Å². The minimum atomic E-state index is -0.926. The predicted molar refractivity (Wildman–Crippen MR) is 80.2 cm³/mol. The average molecular weight is 290 g/mol. The molecule has 0 spiro atoms. The molecule has 1 saturated heterocycles. The van der Waals surface area contributed by atoms with Crippen LogP contribution in [0.4, 0.5) is 0 Å². The smallest absolute Gasteiger partial charge is 0.254 e. The molecule has 1 fully saturated rings. The first-order chi connectivity index (χ1) is 9.84. The van der Waals surface area contributed by atoms with Crippen LogP contribution in [0.1, 0.15) is 47.4 Å². The first-order valence-corrected chi connectivity index (χ1v) is 7.20. The van der Waals surface area contributed by atoms with Crippen LogP contribution in [-0.2, 0) is 0 Å². The Morgan fingerprint density at radius 2 is 2.00 bits per heavy atom. The molecule has 2 N–H and O–H groups in total. The second-order valence-electron chi connectivity index (χ2n) is 5.97. The van der Waals surface area contributed by atoms with Gasteiger partial charge in [0.25, 0.3) is 11.8 Å². The van der Waals surface area contributed by atoms with Gasteiger partial charge in [0.2, 0.25) is 0 Å². The number of aliphatic hydroxyl groups is 1. The third kappa shape index (κ3) is 3.24. The molecule has 114 valence electrons. The van der Waals surface area contributed by atoms with E-state index in [9.17, 15) is 14.7 Å². The van der Waals surface area contributed by atoms with E-state index >= 15 is 0 Å². The van der Waals surface area contributed by atoms with E-state index in [2.05, 4.69) is 5.32 Å². The highest BCUT2D eigenvalue weighted by molar-refractivity contribution is 5.99. The van der Waals surface area contributed by atoms with Gasteiger partial charge in [-0.1, -0.05) is 6.07 Å². The fourth-order valence-electron chi connectivity index (χ4n) is 2.85. The quantitative estimate of drug-likeness (QED) is 0.884. The van der Waals surface area contributed by atoms with E-state index in [1.165, 1.54) is 0 Å². The molecule has 0 aromatic heterocycles. The van der Waals surface area contributed by atoms with Gasteiger partial charge < -0.3 is 15.3 Å². The summed E-state index contributed by atoms with van der Waals surface area (Å²) in [5.41, 5.74) is 0.0134. The Kier molecular flexibility index (Phi) is 4.32. The van der Waals surface area contributed by atoms with Crippen molar-refractivity contribution in [2.75, 3.05) is 13.6 Å². The predicted octanol–water partition coefficient (Wildman–Crippen LogP) is 1.42. The Morgan fingerprint density at radius 3 is 2.62 bits per heavy atom. The van der Waals surface area contributed by atoms with E-state index in [4.69, 9.17) is 0 Å². The van der Waals surface area contributed by atoms with Crippen molar-refractivity contribution in [2.45, 2.75) is 38.3 Å². The van der Waals surface area contributed by atoms with Crippen LogP contribution in [0.3, 0.4) is 0 Å². The van der Waals surface area contributed by atoms with Gasteiger partial charge in [-0.05, 0) is 44.9 Å². The minimum absolute atomic E-state index is 0.134. The van der Waals surface area contributed by atoms with Crippen molar-refractivity contribution in [1.29, 1.82) is 0 Å². The number of rotatable bonds is 3. The maximum atomic E-state index is 12.7. The maximum Gasteiger partial charge on any atom is 0.254 e. The van der Waals surface area contributed by atoms with Crippen LogP contribution in [0.25, 0.3) is 0 Å². The van der Waals surface area contributed by atoms with Gasteiger partial charge in [0.15, 0.2) is 0 Å². The van der Waals surface area contributed by atoms with Crippen LogP contribution >= 0.6 is 0 Å². The van der Waals surface area contributed by atoms with E-state index in [1.54, 1.807) is 50.1 Å². The van der Waals surface area contributed by atoms with Gasteiger partial charge in [-0.15, -0.1) is 0 Å². The number of hydrogen-bond donors (Lipinski definition) is 2. The molecule has 5 nitrogen and oxygen atoms in total. The summed E-state index contributed by atoms with van der Waals surface area (Å²) in [5, 5.41) is 12.8. The number of likely N-dealkylation sites (tertiary alicyclic amines) is 1. The van der Waals surface area contributed by atoms with Crippen LogP contribution in [-0.4, -0.2) is 47.1 Å². The van der Waals surface area contributed by atoms with Crippen LogP contribution in [0, 0.1) is 0 Å². The highest BCUT2D eigenvalue weighted by Crippen LogP contribution is 2.28. The summed E-state index contributed by atoms with van der Waals surface area (Å²) in [5.74, 6) is -0.351. The zero-order chi connectivity index (χ0) is 15.6. The summed E-state index contributed by atoms with van der Waals surface area (Å²) in [4.78, 5) is 26.0. The lowest BCUT2D eigenvalue weighted by atomic mass is 9.96. The lowest BCUT2D eigenvalue weighted by Crippen LogP contribution is -2.48. The molecule has 0 aliphatic carbocycles. The van der Waals surface area contributed by atoms with Crippen molar-refractivity contribution < 1.29 is 14.7 Å². The Balaban J connectivity index is 2.26. The van der Waals surface area contributed by atoms with Crippen LogP contribution < -0.4 is 5.32 Å². The summed E-state index contributed by atoms with van der Waals surface area (Å²) in [6.07, 6.45) is 1.68. The Morgan fingerprint density at radius 1 is 1.33 bits per heavy atom. The molecule has 21 heavy (non-hydrogen) atoms. The van der Waals surface area contributed by atoms with E-state index in [-0.39, 0.29) is 17.9 Å². The van der Waals surface area contributed by atoms with Crippen LogP contribution in [0.2, 0.25) is 0 Å². The molecule has 0 saturated carbocycles. The number of carbonyl (C=O) groups excluding carboxylic acids is 2. The third-order valence-electron chi connectivity index (χ3n) is 3.93.